The number of halogens is 1. The van der Waals surface area contributed by atoms with Crippen LogP contribution in [0.2, 0.25) is 5.02 Å². The van der Waals surface area contributed by atoms with Crippen LogP contribution in [0, 0.1) is 0 Å². The number of hydrogen-bond acceptors (Lipinski definition) is 4. The van der Waals surface area contributed by atoms with E-state index in [0.717, 1.165) is 54.1 Å². The van der Waals surface area contributed by atoms with Crippen molar-refractivity contribution in [3.8, 4) is 0 Å². The maximum absolute atomic E-state index is 12.2. The molecule has 0 amide bonds. The highest BCUT2D eigenvalue weighted by molar-refractivity contribution is 6.30. The van der Waals surface area contributed by atoms with Gasteiger partial charge in [0.15, 0.2) is 0 Å². The molecule has 0 bridgehead atoms. The molecule has 4 nitrogen and oxygen atoms in total. The zero-order chi connectivity index (χ0) is 19.3. The van der Waals surface area contributed by atoms with Crippen LogP contribution in [0.25, 0.3) is 17.0 Å². The van der Waals surface area contributed by atoms with Gasteiger partial charge in [-0.2, -0.15) is 0 Å². The van der Waals surface area contributed by atoms with E-state index in [4.69, 9.17) is 16.0 Å². The quantitative estimate of drug-likeness (QED) is 0.636. The summed E-state index contributed by atoms with van der Waals surface area (Å²) in [5.74, 6) is 0. The summed E-state index contributed by atoms with van der Waals surface area (Å²) in [5, 5.41) is 5.12. The van der Waals surface area contributed by atoms with Gasteiger partial charge in [-0.3, -0.25) is 0 Å². The van der Waals surface area contributed by atoms with E-state index in [0.29, 0.717) is 11.6 Å². The Morgan fingerprint density at radius 3 is 2.64 bits per heavy atom. The average molecular weight is 395 g/mol. The van der Waals surface area contributed by atoms with E-state index in [2.05, 4.69) is 22.4 Å². The zero-order valence-corrected chi connectivity index (χ0v) is 16.4. The average Bonchev–Trinajstić information content (AvgIpc) is 2.73. The van der Waals surface area contributed by atoms with Gasteiger partial charge in [-0.25, -0.2) is 4.79 Å². The van der Waals surface area contributed by atoms with E-state index < -0.39 is 0 Å². The minimum atomic E-state index is -0.311. The van der Waals surface area contributed by atoms with Gasteiger partial charge in [0, 0.05) is 29.1 Å². The summed E-state index contributed by atoms with van der Waals surface area (Å²) >= 11 is 5.97. The van der Waals surface area contributed by atoms with Crippen molar-refractivity contribution in [1.29, 1.82) is 0 Å². The highest BCUT2D eigenvalue weighted by atomic mass is 35.5. The van der Waals surface area contributed by atoms with Crippen LogP contribution < -0.4 is 15.8 Å². The van der Waals surface area contributed by atoms with Gasteiger partial charge in [0.05, 0.1) is 5.69 Å². The molecule has 144 valence electrons. The van der Waals surface area contributed by atoms with Crippen molar-refractivity contribution in [2.24, 2.45) is 0 Å². The van der Waals surface area contributed by atoms with E-state index in [1.54, 1.807) is 6.07 Å². The van der Waals surface area contributed by atoms with Crippen LogP contribution in [0.4, 0.5) is 5.69 Å². The Morgan fingerprint density at radius 1 is 1.11 bits per heavy atom. The zero-order valence-electron chi connectivity index (χ0n) is 15.6. The van der Waals surface area contributed by atoms with Crippen molar-refractivity contribution in [1.82, 2.24) is 5.32 Å². The first-order chi connectivity index (χ1) is 13.7. The van der Waals surface area contributed by atoms with E-state index >= 15 is 0 Å². The Morgan fingerprint density at radius 2 is 1.86 bits per heavy atom. The summed E-state index contributed by atoms with van der Waals surface area (Å²) in [6.45, 7) is 2.70. The molecule has 5 heteroatoms. The Kier molecular flexibility index (Phi) is 5.79. The van der Waals surface area contributed by atoms with Crippen molar-refractivity contribution in [3.63, 3.8) is 0 Å². The third-order valence-electron chi connectivity index (χ3n) is 5.17. The molecule has 3 aromatic rings. The molecule has 1 saturated heterocycles. The number of anilines is 1. The van der Waals surface area contributed by atoms with Crippen LogP contribution in [-0.2, 0) is 0 Å². The second-order valence-electron chi connectivity index (χ2n) is 7.03. The summed E-state index contributed by atoms with van der Waals surface area (Å²) in [6.07, 6.45) is 6.33. The maximum atomic E-state index is 12.2. The minimum Gasteiger partial charge on any atom is -0.423 e. The Hall–Kier alpha value is -2.56. The highest BCUT2D eigenvalue weighted by Gasteiger charge is 2.22. The SMILES string of the molecule is O=c1cc(N(C/C=C/c2ccc(Cl)cc2)C2CCNCC2)c2ccccc2o1. The number of nitrogens with one attached hydrogen (secondary N) is 1. The molecule has 1 aliphatic heterocycles. The lowest BCUT2D eigenvalue weighted by Gasteiger charge is -2.36. The van der Waals surface area contributed by atoms with E-state index in [1.165, 1.54) is 0 Å². The van der Waals surface area contributed by atoms with Crippen molar-refractivity contribution < 1.29 is 4.42 Å². The Bertz CT molecular complexity index is 1020. The first-order valence-electron chi connectivity index (χ1n) is 9.63. The normalized spacial score (nSPS) is 15.3. The summed E-state index contributed by atoms with van der Waals surface area (Å²) in [7, 11) is 0. The number of hydrogen-bond donors (Lipinski definition) is 1. The van der Waals surface area contributed by atoms with Gasteiger partial charge in [-0.15, -0.1) is 0 Å². The fraction of sp³-hybridized carbons (Fsp3) is 0.261. The molecule has 1 fully saturated rings. The lowest BCUT2D eigenvalue weighted by molar-refractivity contribution is 0.437. The molecule has 1 N–H and O–H groups in total. The number of nitrogens with zero attached hydrogens (tertiary/aromatic N) is 1. The summed E-state index contributed by atoms with van der Waals surface area (Å²) in [6, 6.07) is 17.5. The lowest BCUT2D eigenvalue weighted by Crippen LogP contribution is -2.43. The molecule has 2 heterocycles. The van der Waals surface area contributed by atoms with Gasteiger partial charge in [-0.05, 0) is 55.8 Å². The third-order valence-corrected chi connectivity index (χ3v) is 5.42. The smallest absolute Gasteiger partial charge is 0.338 e. The van der Waals surface area contributed by atoms with Crippen LogP contribution in [0.1, 0.15) is 18.4 Å². The van der Waals surface area contributed by atoms with E-state index in [-0.39, 0.29) is 5.63 Å². The van der Waals surface area contributed by atoms with Crippen LogP contribution >= 0.6 is 11.6 Å². The fourth-order valence-electron chi connectivity index (χ4n) is 3.77. The maximum Gasteiger partial charge on any atom is 0.338 e. The molecule has 2 aromatic carbocycles. The summed E-state index contributed by atoms with van der Waals surface area (Å²) in [5.41, 5.74) is 2.37. The third kappa shape index (κ3) is 4.29. The van der Waals surface area contributed by atoms with Crippen LogP contribution in [0.5, 0.6) is 0 Å². The van der Waals surface area contributed by atoms with Gasteiger partial charge in [-0.1, -0.05) is 48.0 Å². The Balaban J connectivity index is 1.68. The fourth-order valence-corrected chi connectivity index (χ4v) is 3.90. The highest BCUT2D eigenvalue weighted by Crippen LogP contribution is 2.29. The van der Waals surface area contributed by atoms with E-state index in [1.807, 2.05) is 48.5 Å². The second kappa shape index (κ2) is 8.63. The van der Waals surface area contributed by atoms with Gasteiger partial charge in [0.25, 0.3) is 0 Å². The van der Waals surface area contributed by atoms with Gasteiger partial charge in [0.1, 0.15) is 5.58 Å². The minimum absolute atomic E-state index is 0.311. The predicted octanol–water partition coefficient (Wildman–Crippen LogP) is 4.72. The van der Waals surface area contributed by atoms with Gasteiger partial charge >= 0.3 is 5.63 Å². The van der Waals surface area contributed by atoms with Crippen LogP contribution in [0.15, 0.2) is 69.9 Å². The number of piperidine rings is 1. The topological polar surface area (TPSA) is 45.5 Å². The largest absolute Gasteiger partial charge is 0.423 e. The molecule has 1 aliphatic rings. The lowest BCUT2D eigenvalue weighted by atomic mass is 10.0. The molecule has 0 aliphatic carbocycles. The number of fused-ring (bicyclic) bond motifs is 1. The molecule has 0 spiro atoms. The van der Waals surface area contributed by atoms with Gasteiger partial charge in [0.2, 0.25) is 0 Å². The number of para-hydroxylation sites is 1. The van der Waals surface area contributed by atoms with E-state index in [9.17, 15) is 4.79 Å². The van der Waals surface area contributed by atoms with Crippen molar-refractivity contribution in [2.45, 2.75) is 18.9 Å². The molecular weight excluding hydrogens is 372 g/mol. The molecule has 0 saturated carbocycles. The molecule has 4 rings (SSSR count). The Labute approximate surface area is 169 Å². The van der Waals surface area contributed by atoms with Crippen molar-refractivity contribution >= 4 is 34.3 Å². The first-order valence-corrected chi connectivity index (χ1v) is 10.0. The molecule has 0 atom stereocenters. The molecule has 0 radical (unpaired) electrons. The first kappa shape index (κ1) is 18.8. The second-order valence-corrected chi connectivity index (χ2v) is 7.47. The van der Waals surface area contributed by atoms with Gasteiger partial charge < -0.3 is 14.6 Å². The standard InChI is InChI=1S/C23H23ClN2O2/c24-18-9-7-17(8-10-18)4-3-15-26(19-11-13-25-14-12-19)21-16-23(27)28-22-6-2-1-5-20(21)22/h1-10,16,19,25H,11-15H2/b4-3+. The predicted molar refractivity (Wildman–Crippen MR) is 116 cm³/mol. The van der Waals surface area contributed by atoms with Crippen LogP contribution in [-0.4, -0.2) is 25.7 Å². The monoisotopic (exact) mass is 394 g/mol. The molecular formula is C23H23ClN2O2. The summed E-state index contributed by atoms with van der Waals surface area (Å²) in [4.78, 5) is 14.5. The van der Waals surface area contributed by atoms with Crippen molar-refractivity contribution in [3.05, 3.63) is 81.7 Å². The van der Waals surface area contributed by atoms with Crippen LogP contribution in [0.3, 0.4) is 0 Å². The molecule has 1 aromatic heterocycles. The summed E-state index contributed by atoms with van der Waals surface area (Å²) < 4.78 is 5.40. The molecule has 0 unspecified atom stereocenters. The van der Waals surface area contributed by atoms with Crippen molar-refractivity contribution in [2.75, 3.05) is 24.5 Å². The molecule has 28 heavy (non-hydrogen) atoms. The number of benzene rings is 2. The number of rotatable bonds is 5.